The molecule has 2 N–H and O–H groups in total. The third kappa shape index (κ3) is 5.61. The maximum atomic E-state index is 12.7. The molecular weight excluding hydrogens is 405 g/mol. The Morgan fingerprint density at radius 3 is 2.18 bits per heavy atom. The molecule has 1 fully saturated rings. The number of hydrogen-bond donors (Lipinski definition) is 2. The summed E-state index contributed by atoms with van der Waals surface area (Å²) < 4.78 is 38.1. The first-order valence-electron chi connectivity index (χ1n) is 9.27. The van der Waals surface area contributed by atoms with E-state index in [0.29, 0.717) is 10.8 Å². The summed E-state index contributed by atoms with van der Waals surface area (Å²) in [5.41, 5.74) is 0.998. The minimum atomic E-state index is -4.34. The van der Waals surface area contributed by atoms with Gasteiger partial charge in [-0.05, 0) is 79.9 Å². The summed E-state index contributed by atoms with van der Waals surface area (Å²) in [6.45, 7) is 0. The van der Waals surface area contributed by atoms with Gasteiger partial charge in [-0.25, -0.2) is 0 Å². The molecule has 1 aliphatic rings. The molecule has 0 unspecified atom stereocenters. The largest absolute Gasteiger partial charge is 0.416 e. The van der Waals surface area contributed by atoms with E-state index in [2.05, 4.69) is 10.6 Å². The molecular formula is C21H22ClF3N2S. The highest BCUT2D eigenvalue weighted by Gasteiger charge is 2.34. The molecule has 28 heavy (non-hydrogen) atoms. The van der Waals surface area contributed by atoms with E-state index in [1.54, 1.807) is 0 Å². The fourth-order valence-corrected chi connectivity index (χ4v) is 4.13. The van der Waals surface area contributed by atoms with Crippen LogP contribution in [0.25, 0.3) is 0 Å². The first-order chi connectivity index (χ1) is 13.3. The minimum Gasteiger partial charge on any atom is -0.357 e. The summed E-state index contributed by atoms with van der Waals surface area (Å²) in [4.78, 5) is 0. The number of halogens is 4. The first-order valence-corrected chi connectivity index (χ1v) is 10.1. The van der Waals surface area contributed by atoms with Crippen LogP contribution in [0.1, 0.15) is 43.2 Å². The number of nitrogens with one attached hydrogen (secondary N) is 2. The number of thiocarbonyl (C=S) groups is 1. The van der Waals surface area contributed by atoms with Gasteiger partial charge in [0, 0.05) is 16.2 Å². The van der Waals surface area contributed by atoms with Crippen LogP contribution in [0.2, 0.25) is 5.02 Å². The lowest BCUT2D eigenvalue weighted by molar-refractivity contribution is -0.137. The molecule has 2 aromatic carbocycles. The van der Waals surface area contributed by atoms with Crippen LogP contribution in [0.3, 0.4) is 0 Å². The zero-order valence-electron chi connectivity index (χ0n) is 15.3. The lowest BCUT2D eigenvalue weighted by Crippen LogP contribution is -2.48. The van der Waals surface area contributed by atoms with Crippen LogP contribution in [0.15, 0.2) is 48.5 Å². The van der Waals surface area contributed by atoms with Gasteiger partial charge in [-0.15, -0.1) is 0 Å². The van der Waals surface area contributed by atoms with E-state index in [0.717, 1.165) is 55.7 Å². The normalized spacial score (nSPS) is 16.0. The zero-order valence-corrected chi connectivity index (χ0v) is 16.9. The second kappa shape index (κ2) is 8.70. The minimum absolute atomic E-state index is 0.0877. The molecule has 0 aliphatic heterocycles. The molecule has 150 valence electrons. The Labute approximate surface area is 173 Å². The number of aryl methyl sites for hydroxylation is 1. The summed E-state index contributed by atoms with van der Waals surface area (Å²) in [6.07, 6.45) is 1.82. The quantitative estimate of drug-likeness (QED) is 0.527. The number of anilines is 1. The van der Waals surface area contributed by atoms with E-state index >= 15 is 0 Å². The van der Waals surface area contributed by atoms with Crippen LogP contribution in [0.4, 0.5) is 18.9 Å². The fraction of sp³-hybridized carbons (Fsp3) is 0.381. The van der Waals surface area contributed by atoms with Crippen molar-refractivity contribution < 1.29 is 13.2 Å². The summed E-state index contributed by atoms with van der Waals surface area (Å²) in [6, 6.07) is 12.7. The van der Waals surface area contributed by atoms with Crippen LogP contribution < -0.4 is 10.6 Å². The van der Waals surface area contributed by atoms with Crippen molar-refractivity contribution in [1.29, 1.82) is 0 Å². The lowest BCUT2D eigenvalue weighted by Gasteiger charge is -2.32. The van der Waals surface area contributed by atoms with Crippen molar-refractivity contribution >= 4 is 34.6 Å². The third-order valence-electron chi connectivity index (χ3n) is 5.21. The van der Waals surface area contributed by atoms with Crippen LogP contribution >= 0.6 is 23.8 Å². The zero-order chi connectivity index (χ0) is 20.2. The number of hydrogen-bond acceptors (Lipinski definition) is 1. The van der Waals surface area contributed by atoms with Gasteiger partial charge in [0.1, 0.15) is 0 Å². The van der Waals surface area contributed by atoms with Crippen molar-refractivity contribution in [3.63, 3.8) is 0 Å². The summed E-state index contributed by atoms with van der Waals surface area (Å²) in [7, 11) is 0. The Balaban J connectivity index is 1.60. The average molecular weight is 427 g/mol. The molecule has 0 saturated heterocycles. The van der Waals surface area contributed by atoms with Gasteiger partial charge in [0.2, 0.25) is 0 Å². The molecule has 7 heteroatoms. The van der Waals surface area contributed by atoms with Crippen molar-refractivity contribution in [2.45, 2.75) is 50.2 Å². The summed E-state index contributed by atoms with van der Waals surface area (Å²) in [5, 5.41) is 7.62. The highest BCUT2D eigenvalue weighted by atomic mass is 35.5. The Morgan fingerprint density at radius 2 is 1.61 bits per heavy atom. The molecule has 0 spiro atoms. The standard InChI is InChI=1S/C21H22ClF3N2S/c22-17-7-3-15(4-8-17)11-14-20(12-1-2-13-20)27-19(28)26-18-9-5-16(6-10-18)21(23,24)25/h3-10H,1-2,11-14H2,(H2,26,27,28). The van der Waals surface area contributed by atoms with Crippen molar-refractivity contribution in [2.24, 2.45) is 0 Å². The molecule has 2 aromatic rings. The smallest absolute Gasteiger partial charge is 0.357 e. The van der Waals surface area contributed by atoms with E-state index in [1.165, 1.54) is 17.7 Å². The topological polar surface area (TPSA) is 24.1 Å². The summed E-state index contributed by atoms with van der Waals surface area (Å²) >= 11 is 11.4. The maximum Gasteiger partial charge on any atom is 0.416 e. The SMILES string of the molecule is FC(F)(F)c1ccc(NC(=S)NC2(CCc3ccc(Cl)cc3)CCCC2)cc1. The fourth-order valence-electron chi connectivity index (χ4n) is 3.67. The van der Waals surface area contributed by atoms with E-state index in [4.69, 9.17) is 23.8 Å². The van der Waals surface area contributed by atoms with E-state index in [1.807, 2.05) is 24.3 Å². The van der Waals surface area contributed by atoms with Crippen molar-refractivity contribution in [2.75, 3.05) is 5.32 Å². The maximum absolute atomic E-state index is 12.7. The van der Waals surface area contributed by atoms with Gasteiger partial charge in [0.05, 0.1) is 5.56 Å². The monoisotopic (exact) mass is 426 g/mol. The highest BCUT2D eigenvalue weighted by molar-refractivity contribution is 7.80. The van der Waals surface area contributed by atoms with E-state index in [9.17, 15) is 13.2 Å². The predicted molar refractivity (Wildman–Crippen MR) is 112 cm³/mol. The molecule has 0 heterocycles. The van der Waals surface area contributed by atoms with Gasteiger partial charge in [0.25, 0.3) is 0 Å². The molecule has 3 rings (SSSR count). The molecule has 1 aliphatic carbocycles. The average Bonchev–Trinajstić information content (AvgIpc) is 3.09. The Morgan fingerprint density at radius 1 is 1.00 bits per heavy atom. The Hall–Kier alpha value is -1.79. The lowest BCUT2D eigenvalue weighted by atomic mass is 9.89. The van der Waals surface area contributed by atoms with Gasteiger partial charge in [-0.2, -0.15) is 13.2 Å². The predicted octanol–water partition coefficient (Wildman–Crippen LogP) is 6.59. The Kier molecular flexibility index (Phi) is 6.50. The van der Waals surface area contributed by atoms with Crippen LogP contribution in [0, 0.1) is 0 Å². The van der Waals surface area contributed by atoms with Gasteiger partial charge in [-0.3, -0.25) is 0 Å². The summed E-state index contributed by atoms with van der Waals surface area (Å²) in [5.74, 6) is 0. The molecule has 0 radical (unpaired) electrons. The highest BCUT2D eigenvalue weighted by Crippen LogP contribution is 2.34. The second-order valence-corrected chi connectivity index (χ2v) is 8.11. The molecule has 1 saturated carbocycles. The Bertz CT molecular complexity index is 798. The third-order valence-corrected chi connectivity index (χ3v) is 5.67. The van der Waals surface area contributed by atoms with Crippen molar-refractivity contribution in [3.05, 3.63) is 64.7 Å². The van der Waals surface area contributed by atoms with Crippen LogP contribution in [0.5, 0.6) is 0 Å². The van der Waals surface area contributed by atoms with Gasteiger partial charge >= 0.3 is 6.18 Å². The van der Waals surface area contributed by atoms with Crippen LogP contribution in [-0.4, -0.2) is 10.7 Å². The molecule has 0 aromatic heterocycles. The van der Waals surface area contributed by atoms with Crippen molar-refractivity contribution in [3.8, 4) is 0 Å². The van der Waals surface area contributed by atoms with Crippen LogP contribution in [-0.2, 0) is 12.6 Å². The van der Waals surface area contributed by atoms with E-state index < -0.39 is 11.7 Å². The molecule has 2 nitrogen and oxygen atoms in total. The first kappa shape index (κ1) is 20.9. The molecule has 0 amide bonds. The number of benzene rings is 2. The second-order valence-electron chi connectivity index (χ2n) is 7.27. The van der Waals surface area contributed by atoms with E-state index in [-0.39, 0.29) is 5.54 Å². The number of rotatable bonds is 5. The number of alkyl halides is 3. The van der Waals surface area contributed by atoms with Gasteiger partial charge in [0.15, 0.2) is 5.11 Å². The van der Waals surface area contributed by atoms with Gasteiger partial charge < -0.3 is 10.6 Å². The van der Waals surface area contributed by atoms with Gasteiger partial charge in [-0.1, -0.05) is 36.6 Å². The molecule has 0 bridgehead atoms. The van der Waals surface area contributed by atoms with Crippen molar-refractivity contribution in [1.82, 2.24) is 5.32 Å². The molecule has 0 atom stereocenters.